The molecule has 1 N–H and O–H groups in total. The molecule has 1 unspecified atom stereocenters. The summed E-state index contributed by atoms with van der Waals surface area (Å²) >= 11 is 5.44. The van der Waals surface area contributed by atoms with Gasteiger partial charge < -0.3 is 5.32 Å². The number of rotatable bonds is 4. The summed E-state index contributed by atoms with van der Waals surface area (Å²) in [5, 5.41) is 7.13. The number of halogens is 1. The third kappa shape index (κ3) is 3.05. The minimum atomic E-state index is 0.230. The molecule has 2 aromatic carbocycles. The number of thiophene rings is 1. The van der Waals surface area contributed by atoms with E-state index in [-0.39, 0.29) is 6.04 Å². The predicted octanol–water partition coefficient (Wildman–Crippen LogP) is 5.67. The van der Waals surface area contributed by atoms with E-state index >= 15 is 0 Å². The Morgan fingerprint density at radius 3 is 2.81 bits per heavy atom. The van der Waals surface area contributed by atoms with Crippen LogP contribution < -0.4 is 5.32 Å². The van der Waals surface area contributed by atoms with Crippen molar-refractivity contribution >= 4 is 37.4 Å². The van der Waals surface area contributed by atoms with Crippen LogP contribution in [-0.4, -0.2) is 6.54 Å². The van der Waals surface area contributed by atoms with E-state index in [0.717, 1.165) is 11.0 Å². The van der Waals surface area contributed by atoms with Crippen LogP contribution >= 0.6 is 27.3 Å². The van der Waals surface area contributed by atoms with E-state index in [2.05, 4.69) is 82.9 Å². The van der Waals surface area contributed by atoms with Gasteiger partial charge in [0.15, 0.2) is 0 Å². The monoisotopic (exact) mass is 359 g/mol. The first-order valence-corrected chi connectivity index (χ1v) is 8.83. The number of fused-ring (bicyclic) bond motifs is 1. The molecular formula is C18H18BrNS. The summed E-state index contributed by atoms with van der Waals surface area (Å²) in [7, 11) is 0. The van der Waals surface area contributed by atoms with Crippen LogP contribution in [0.3, 0.4) is 0 Å². The van der Waals surface area contributed by atoms with Crippen molar-refractivity contribution < 1.29 is 0 Å². The lowest BCUT2D eigenvalue weighted by molar-refractivity contribution is 0.634. The molecule has 1 nitrogen and oxygen atoms in total. The Labute approximate surface area is 138 Å². The second-order valence-corrected chi connectivity index (χ2v) is 7.07. The molecule has 1 atom stereocenters. The lowest BCUT2D eigenvalue weighted by Crippen LogP contribution is -2.22. The van der Waals surface area contributed by atoms with Crippen molar-refractivity contribution in [2.75, 3.05) is 6.54 Å². The van der Waals surface area contributed by atoms with Crippen molar-refractivity contribution in [3.63, 3.8) is 0 Å². The lowest BCUT2D eigenvalue weighted by Gasteiger charge is -2.20. The number of aryl methyl sites for hydroxylation is 1. The van der Waals surface area contributed by atoms with Crippen LogP contribution in [0.25, 0.3) is 10.1 Å². The van der Waals surface area contributed by atoms with Crippen molar-refractivity contribution in [1.29, 1.82) is 0 Å². The zero-order valence-electron chi connectivity index (χ0n) is 12.2. The highest BCUT2D eigenvalue weighted by atomic mass is 79.9. The van der Waals surface area contributed by atoms with Crippen molar-refractivity contribution in [3.05, 3.63) is 69.0 Å². The van der Waals surface area contributed by atoms with E-state index in [1.54, 1.807) is 0 Å². The molecule has 0 amide bonds. The maximum absolute atomic E-state index is 3.64. The highest BCUT2D eigenvalue weighted by molar-refractivity contribution is 9.10. The molecule has 108 valence electrons. The maximum Gasteiger partial charge on any atom is 0.0591 e. The van der Waals surface area contributed by atoms with Gasteiger partial charge in [-0.2, -0.15) is 0 Å². The van der Waals surface area contributed by atoms with Gasteiger partial charge in [0, 0.05) is 9.17 Å². The molecule has 1 aromatic heterocycles. The zero-order chi connectivity index (χ0) is 14.8. The highest BCUT2D eigenvalue weighted by Crippen LogP contribution is 2.33. The molecule has 21 heavy (non-hydrogen) atoms. The van der Waals surface area contributed by atoms with Gasteiger partial charge in [-0.3, -0.25) is 0 Å². The van der Waals surface area contributed by atoms with Crippen molar-refractivity contribution in [2.45, 2.75) is 19.9 Å². The van der Waals surface area contributed by atoms with Gasteiger partial charge in [0.05, 0.1) is 6.04 Å². The first-order chi connectivity index (χ1) is 10.2. The Hall–Kier alpha value is -1.16. The second-order valence-electron chi connectivity index (χ2n) is 5.24. The minimum Gasteiger partial charge on any atom is -0.306 e. The number of hydrogen-bond donors (Lipinski definition) is 1. The van der Waals surface area contributed by atoms with Crippen molar-refractivity contribution in [2.24, 2.45) is 0 Å². The Kier molecular flexibility index (Phi) is 4.43. The normalized spacial score (nSPS) is 12.7. The summed E-state index contributed by atoms with van der Waals surface area (Å²) in [6.45, 7) is 5.24. The maximum atomic E-state index is 3.64. The largest absolute Gasteiger partial charge is 0.306 e. The molecule has 1 heterocycles. The van der Waals surface area contributed by atoms with E-state index in [9.17, 15) is 0 Å². The van der Waals surface area contributed by atoms with E-state index in [4.69, 9.17) is 0 Å². The standard InChI is InChI=1S/C18H18BrNS/c1-3-20-17(14-9-12(2)10-15(19)11-14)16-6-4-5-13-7-8-21-18(13)16/h4-11,17,20H,3H2,1-2H3. The average Bonchev–Trinajstić information content (AvgIpc) is 2.92. The molecule has 0 bridgehead atoms. The number of benzene rings is 2. The van der Waals surface area contributed by atoms with Gasteiger partial charge in [-0.25, -0.2) is 0 Å². The summed E-state index contributed by atoms with van der Waals surface area (Å²) < 4.78 is 2.51. The zero-order valence-corrected chi connectivity index (χ0v) is 14.6. The summed E-state index contributed by atoms with van der Waals surface area (Å²) in [6, 6.07) is 15.6. The molecule has 0 spiro atoms. The summed E-state index contributed by atoms with van der Waals surface area (Å²) in [5.74, 6) is 0. The van der Waals surface area contributed by atoms with E-state index in [1.165, 1.54) is 26.8 Å². The molecule has 0 saturated carbocycles. The molecule has 0 aliphatic rings. The van der Waals surface area contributed by atoms with Gasteiger partial charge in [-0.05, 0) is 59.1 Å². The Balaban J connectivity index is 2.15. The average molecular weight is 360 g/mol. The fourth-order valence-corrected chi connectivity index (χ4v) is 4.36. The Bertz CT molecular complexity index is 743. The second kappa shape index (κ2) is 6.30. The first kappa shape index (κ1) is 14.8. The Morgan fingerprint density at radius 2 is 2.05 bits per heavy atom. The van der Waals surface area contributed by atoms with Gasteiger partial charge in [0.1, 0.15) is 0 Å². The van der Waals surface area contributed by atoms with Gasteiger partial charge in [-0.15, -0.1) is 11.3 Å². The molecule has 0 fully saturated rings. The van der Waals surface area contributed by atoms with Gasteiger partial charge in [0.2, 0.25) is 0 Å². The topological polar surface area (TPSA) is 12.0 Å². The van der Waals surface area contributed by atoms with Crippen LogP contribution in [0.5, 0.6) is 0 Å². The molecule has 0 aliphatic carbocycles. The predicted molar refractivity (Wildman–Crippen MR) is 96.2 cm³/mol. The molecule has 0 radical (unpaired) electrons. The van der Waals surface area contributed by atoms with Crippen molar-refractivity contribution in [1.82, 2.24) is 5.32 Å². The fourth-order valence-electron chi connectivity index (χ4n) is 2.79. The number of nitrogens with one attached hydrogen (secondary N) is 1. The number of hydrogen-bond acceptors (Lipinski definition) is 2. The van der Waals surface area contributed by atoms with Gasteiger partial charge in [0.25, 0.3) is 0 Å². The highest BCUT2D eigenvalue weighted by Gasteiger charge is 2.17. The SMILES string of the molecule is CCNC(c1cc(C)cc(Br)c1)c1cccc2ccsc12. The smallest absolute Gasteiger partial charge is 0.0591 e. The third-order valence-corrected chi connectivity index (χ3v) is 5.06. The summed E-state index contributed by atoms with van der Waals surface area (Å²) in [6.07, 6.45) is 0. The van der Waals surface area contributed by atoms with Crippen LogP contribution in [0.2, 0.25) is 0 Å². The quantitative estimate of drug-likeness (QED) is 0.632. The van der Waals surface area contributed by atoms with Gasteiger partial charge in [-0.1, -0.05) is 47.1 Å². The van der Waals surface area contributed by atoms with Crippen molar-refractivity contribution in [3.8, 4) is 0 Å². The fraction of sp³-hybridized carbons (Fsp3) is 0.222. The van der Waals surface area contributed by atoms with Crippen LogP contribution in [0.1, 0.15) is 29.7 Å². The van der Waals surface area contributed by atoms with E-state index in [0.29, 0.717) is 0 Å². The molecule has 3 heteroatoms. The van der Waals surface area contributed by atoms with Crippen LogP contribution in [0.4, 0.5) is 0 Å². The molecule has 3 aromatic rings. The molecule has 3 rings (SSSR count). The third-order valence-electron chi connectivity index (χ3n) is 3.63. The van der Waals surface area contributed by atoms with Crippen LogP contribution in [0, 0.1) is 6.92 Å². The lowest BCUT2D eigenvalue weighted by atomic mass is 9.96. The minimum absolute atomic E-state index is 0.230. The molecule has 0 aliphatic heterocycles. The molecular weight excluding hydrogens is 342 g/mol. The summed E-state index contributed by atoms with van der Waals surface area (Å²) in [5.41, 5.74) is 3.95. The first-order valence-electron chi connectivity index (χ1n) is 7.15. The van der Waals surface area contributed by atoms with Gasteiger partial charge >= 0.3 is 0 Å². The Morgan fingerprint density at radius 1 is 1.19 bits per heavy atom. The van der Waals surface area contributed by atoms with E-state index < -0.39 is 0 Å². The summed E-state index contributed by atoms with van der Waals surface area (Å²) in [4.78, 5) is 0. The molecule has 0 saturated heterocycles. The van der Waals surface area contributed by atoms with E-state index in [1.807, 2.05) is 11.3 Å². The van der Waals surface area contributed by atoms with Crippen LogP contribution in [0.15, 0.2) is 52.3 Å². The van der Waals surface area contributed by atoms with Crippen LogP contribution in [-0.2, 0) is 0 Å².